The average Bonchev–Trinajstić information content (AvgIpc) is 3.31. The van der Waals surface area contributed by atoms with E-state index in [1.165, 1.54) is 0 Å². The van der Waals surface area contributed by atoms with Crippen molar-refractivity contribution in [1.82, 2.24) is 39.7 Å². The molecule has 3 aromatic rings. The van der Waals surface area contributed by atoms with Crippen LogP contribution < -0.4 is 17.0 Å². The molecular formula is C12H15N9O5. The molecule has 3 aromatic heterocycles. The quantitative estimate of drug-likeness (QED) is 0.311. The van der Waals surface area contributed by atoms with Gasteiger partial charge in [0.25, 0.3) is 5.56 Å². The molecule has 3 atom stereocenters. The van der Waals surface area contributed by atoms with Gasteiger partial charge in [0.15, 0.2) is 23.2 Å². The van der Waals surface area contributed by atoms with Gasteiger partial charge in [-0.3, -0.25) is 14.3 Å². The second-order valence-corrected chi connectivity index (χ2v) is 5.84. The molecule has 1 saturated heterocycles. The van der Waals surface area contributed by atoms with Crippen molar-refractivity contribution in [3.8, 4) is 0 Å². The standard InChI is InChI=1S/C12H15N9O5/c13-11-15-8-7(9(24)20(11)2-6-16-18-19-17-6)14-12(25)21(8)10-5(23)1-4(3-22)26-10/h4-5,10,22-23H,1-3H2,(H2,13,15)(H,14,25)(H,16,17,18,19)/t4-,5+,10+/m0/s1. The maximum absolute atomic E-state index is 12.7. The Bertz CT molecular complexity index is 1050. The van der Waals surface area contributed by atoms with E-state index < -0.39 is 29.7 Å². The Labute approximate surface area is 143 Å². The van der Waals surface area contributed by atoms with Gasteiger partial charge in [-0.15, -0.1) is 5.10 Å². The van der Waals surface area contributed by atoms with Crippen LogP contribution in [0.5, 0.6) is 0 Å². The van der Waals surface area contributed by atoms with Crippen LogP contribution in [-0.4, -0.2) is 68.8 Å². The highest BCUT2D eigenvalue weighted by Gasteiger charge is 2.37. The van der Waals surface area contributed by atoms with Crippen LogP contribution in [-0.2, 0) is 11.3 Å². The van der Waals surface area contributed by atoms with Crippen molar-refractivity contribution in [2.45, 2.75) is 31.4 Å². The number of nitrogens with one attached hydrogen (secondary N) is 2. The summed E-state index contributed by atoms with van der Waals surface area (Å²) in [6, 6.07) is 0. The minimum Gasteiger partial charge on any atom is -0.394 e. The van der Waals surface area contributed by atoms with Crippen molar-refractivity contribution in [3.63, 3.8) is 0 Å². The van der Waals surface area contributed by atoms with Crippen molar-refractivity contribution in [1.29, 1.82) is 0 Å². The lowest BCUT2D eigenvalue weighted by Gasteiger charge is -2.16. The number of nitrogen functional groups attached to an aromatic ring is 1. The largest absolute Gasteiger partial charge is 0.394 e. The first kappa shape index (κ1) is 16.4. The summed E-state index contributed by atoms with van der Waals surface area (Å²) in [5.74, 6) is 0.111. The van der Waals surface area contributed by atoms with Crippen molar-refractivity contribution in [2.24, 2.45) is 0 Å². The molecule has 0 radical (unpaired) electrons. The lowest BCUT2D eigenvalue weighted by molar-refractivity contribution is -0.0502. The van der Waals surface area contributed by atoms with E-state index in [9.17, 15) is 19.8 Å². The van der Waals surface area contributed by atoms with Crippen LogP contribution in [0.25, 0.3) is 11.2 Å². The molecule has 0 aromatic carbocycles. The van der Waals surface area contributed by atoms with Gasteiger partial charge in [-0.2, -0.15) is 4.98 Å². The topological polar surface area (TPSA) is 203 Å². The smallest absolute Gasteiger partial charge is 0.330 e. The third-order valence-corrected chi connectivity index (χ3v) is 4.18. The average molecular weight is 365 g/mol. The zero-order valence-corrected chi connectivity index (χ0v) is 13.2. The summed E-state index contributed by atoms with van der Waals surface area (Å²) in [7, 11) is 0. The number of anilines is 1. The van der Waals surface area contributed by atoms with Crippen LogP contribution in [0.2, 0.25) is 0 Å². The van der Waals surface area contributed by atoms with Crippen LogP contribution in [0, 0.1) is 0 Å². The molecule has 6 N–H and O–H groups in total. The van der Waals surface area contributed by atoms with Gasteiger partial charge in [0.05, 0.1) is 19.3 Å². The number of ether oxygens (including phenoxy) is 1. The predicted octanol–water partition coefficient (Wildman–Crippen LogP) is -3.33. The molecular weight excluding hydrogens is 350 g/mol. The molecule has 0 saturated carbocycles. The fraction of sp³-hybridized carbons (Fsp3) is 0.500. The van der Waals surface area contributed by atoms with E-state index in [1.54, 1.807) is 0 Å². The number of H-pyrrole nitrogens is 2. The second-order valence-electron chi connectivity index (χ2n) is 5.84. The number of imidazole rings is 1. The van der Waals surface area contributed by atoms with E-state index in [0.717, 1.165) is 9.13 Å². The summed E-state index contributed by atoms with van der Waals surface area (Å²) >= 11 is 0. The third kappa shape index (κ3) is 2.47. The van der Waals surface area contributed by atoms with E-state index in [0.29, 0.717) is 0 Å². The predicted molar refractivity (Wildman–Crippen MR) is 83.9 cm³/mol. The van der Waals surface area contributed by atoms with Gasteiger partial charge in [-0.05, 0) is 10.4 Å². The zero-order chi connectivity index (χ0) is 18.4. The van der Waals surface area contributed by atoms with Gasteiger partial charge in [0.2, 0.25) is 5.95 Å². The van der Waals surface area contributed by atoms with Gasteiger partial charge in [0.1, 0.15) is 6.10 Å². The molecule has 0 unspecified atom stereocenters. The van der Waals surface area contributed by atoms with Gasteiger partial charge in [-0.25, -0.2) is 14.5 Å². The molecule has 1 fully saturated rings. The van der Waals surface area contributed by atoms with Crippen LogP contribution in [0.1, 0.15) is 18.5 Å². The summed E-state index contributed by atoms with van der Waals surface area (Å²) in [4.78, 5) is 31.6. The molecule has 1 aliphatic rings. The Morgan fingerprint density at radius 1 is 1.38 bits per heavy atom. The Kier molecular flexibility index (Phi) is 3.78. The SMILES string of the molecule is Nc1nc2c([nH]c(=O)n2[C@@H]2O[C@H](CO)C[C@H]2O)c(=O)n1Cc1nnn[nH]1. The number of nitrogens with zero attached hydrogens (tertiary/aromatic N) is 6. The monoisotopic (exact) mass is 365 g/mol. The first-order valence-corrected chi connectivity index (χ1v) is 7.67. The molecule has 26 heavy (non-hydrogen) atoms. The van der Waals surface area contributed by atoms with Crippen LogP contribution in [0.3, 0.4) is 0 Å². The van der Waals surface area contributed by atoms with Crippen LogP contribution in [0.15, 0.2) is 9.59 Å². The Morgan fingerprint density at radius 3 is 2.85 bits per heavy atom. The molecule has 0 aliphatic carbocycles. The number of aliphatic hydroxyl groups excluding tert-OH is 2. The number of fused-ring (bicyclic) bond motifs is 1. The maximum Gasteiger partial charge on any atom is 0.330 e. The minimum absolute atomic E-state index is 0.0490. The molecule has 1 aliphatic heterocycles. The summed E-state index contributed by atoms with van der Waals surface area (Å²) < 4.78 is 7.59. The number of hydrogen-bond donors (Lipinski definition) is 5. The van der Waals surface area contributed by atoms with Crippen LogP contribution in [0.4, 0.5) is 5.95 Å². The number of rotatable bonds is 4. The van der Waals surface area contributed by atoms with E-state index in [2.05, 4.69) is 30.6 Å². The lowest BCUT2D eigenvalue weighted by Crippen LogP contribution is -2.29. The summed E-state index contributed by atoms with van der Waals surface area (Å²) in [6.07, 6.45) is -2.61. The molecule has 0 bridgehead atoms. The molecule has 0 spiro atoms. The summed E-state index contributed by atoms with van der Waals surface area (Å²) in [5, 5.41) is 32.3. The number of nitrogens with two attached hydrogens (primary N) is 1. The van der Waals surface area contributed by atoms with E-state index in [4.69, 9.17) is 10.5 Å². The normalized spacial score (nSPS) is 23.1. The number of aromatic nitrogens is 8. The first-order valence-electron chi connectivity index (χ1n) is 7.67. The number of tetrazole rings is 1. The molecule has 0 amide bonds. The highest BCUT2D eigenvalue weighted by Crippen LogP contribution is 2.29. The Hall–Kier alpha value is -3.10. The van der Waals surface area contributed by atoms with Gasteiger partial charge < -0.3 is 20.7 Å². The van der Waals surface area contributed by atoms with Crippen molar-refractivity contribution >= 4 is 17.1 Å². The molecule has 4 rings (SSSR count). The van der Waals surface area contributed by atoms with E-state index in [1.807, 2.05) is 0 Å². The fourth-order valence-electron chi connectivity index (χ4n) is 2.97. The molecule has 4 heterocycles. The number of hydrogen-bond acceptors (Lipinski definition) is 10. The van der Waals surface area contributed by atoms with Crippen LogP contribution >= 0.6 is 0 Å². The summed E-state index contributed by atoms with van der Waals surface area (Å²) in [6.45, 7) is -0.374. The van der Waals surface area contributed by atoms with E-state index in [-0.39, 0.29) is 42.5 Å². The van der Waals surface area contributed by atoms with Crippen molar-refractivity contribution < 1.29 is 14.9 Å². The van der Waals surface area contributed by atoms with Crippen molar-refractivity contribution in [2.75, 3.05) is 12.3 Å². The lowest BCUT2D eigenvalue weighted by atomic mass is 10.2. The first-order chi connectivity index (χ1) is 12.5. The van der Waals surface area contributed by atoms with Gasteiger partial charge in [0, 0.05) is 6.42 Å². The number of aromatic amines is 2. The highest BCUT2D eigenvalue weighted by molar-refractivity contribution is 5.71. The van der Waals surface area contributed by atoms with Gasteiger partial charge >= 0.3 is 5.69 Å². The zero-order valence-electron chi connectivity index (χ0n) is 13.2. The molecule has 14 nitrogen and oxygen atoms in total. The van der Waals surface area contributed by atoms with Crippen molar-refractivity contribution in [3.05, 3.63) is 26.7 Å². The fourth-order valence-corrected chi connectivity index (χ4v) is 2.97. The van der Waals surface area contributed by atoms with Gasteiger partial charge in [-0.1, -0.05) is 0 Å². The third-order valence-electron chi connectivity index (χ3n) is 4.18. The minimum atomic E-state index is -1.09. The summed E-state index contributed by atoms with van der Waals surface area (Å²) in [5.41, 5.74) is 4.42. The Morgan fingerprint density at radius 2 is 2.19 bits per heavy atom. The second kappa shape index (κ2) is 6.01. The van der Waals surface area contributed by atoms with E-state index >= 15 is 0 Å². The molecule has 138 valence electrons. The maximum atomic E-state index is 12.7. The Balaban J connectivity index is 1.84. The number of aliphatic hydroxyl groups is 2. The molecule has 14 heteroatoms. The highest BCUT2D eigenvalue weighted by atomic mass is 16.5.